The van der Waals surface area contributed by atoms with Gasteiger partial charge in [0.1, 0.15) is 5.56 Å². The molecule has 0 aliphatic heterocycles. The van der Waals surface area contributed by atoms with Crippen LogP contribution >= 0.6 is 0 Å². The zero-order valence-electron chi connectivity index (χ0n) is 11.7. The van der Waals surface area contributed by atoms with E-state index >= 15 is 0 Å². The fourth-order valence-corrected chi connectivity index (χ4v) is 2.13. The van der Waals surface area contributed by atoms with Crippen molar-refractivity contribution in [3.63, 3.8) is 0 Å². The van der Waals surface area contributed by atoms with Crippen molar-refractivity contribution in [3.05, 3.63) is 59.9 Å². The molecule has 1 heterocycles. The molecule has 0 atom stereocenters. The third-order valence-corrected chi connectivity index (χ3v) is 3.16. The summed E-state index contributed by atoms with van der Waals surface area (Å²) in [6.45, 7) is 4.77. The predicted octanol–water partition coefficient (Wildman–Crippen LogP) is 3.19. The summed E-state index contributed by atoms with van der Waals surface area (Å²) < 4.78 is 0. The van der Waals surface area contributed by atoms with Crippen molar-refractivity contribution < 1.29 is 9.90 Å². The first kappa shape index (κ1) is 14.1. The quantitative estimate of drug-likeness (QED) is 0.906. The van der Waals surface area contributed by atoms with Gasteiger partial charge in [0.05, 0.1) is 5.69 Å². The highest BCUT2D eigenvalue weighted by molar-refractivity contribution is 5.94. The van der Waals surface area contributed by atoms with E-state index in [0.29, 0.717) is 12.2 Å². The molecule has 2 rings (SSSR count). The van der Waals surface area contributed by atoms with Gasteiger partial charge in [-0.05, 0) is 25.5 Å². The number of rotatable bonds is 5. The smallest absolute Gasteiger partial charge is 0.339 e. The summed E-state index contributed by atoms with van der Waals surface area (Å²) >= 11 is 0. The van der Waals surface area contributed by atoms with Crippen LogP contribution in [0, 0.1) is 0 Å². The highest BCUT2D eigenvalue weighted by Crippen LogP contribution is 2.23. The van der Waals surface area contributed by atoms with Gasteiger partial charge in [-0.25, -0.2) is 4.79 Å². The first-order valence-electron chi connectivity index (χ1n) is 6.57. The largest absolute Gasteiger partial charge is 0.478 e. The average Bonchev–Trinajstić information content (AvgIpc) is 2.45. The van der Waals surface area contributed by atoms with Gasteiger partial charge in [-0.2, -0.15) is 0 Å². The van der Waals surface area contributed by atoms with E-state index in [2.05, 4.69) is 23.7 Å². The monoisotopic (exact) mass is 270 g/mol. The summed E-state index contributed by atoms with van der Waals surface area (Å²) in [5.74, 6) is -0.952. The fraction of sp³-hybridized carbons (Fsp3) is 0.250. The normalized spacial score (nSPS) is 10.6. The molecule has 1 aromatic carbocycles. The summed E-state index contributed by atoms with van der Waals surface area (Å²) in [4.78, 5) is 17.3. The van der Waals surface area contributed by atoms with Crippen LogP contribution < -0.4 is 4.90 Å². The van der Waals surface area contributed by atoms with E-state index in [1.807, 2.05) is 30.3 Å². The molecule has 0 spiro atoms. The maximum absolute atomic E-state index is 11.3. The molecular weight excluding hydrogens is 252 g/mol. The molecule has 0 amide bonds. The first-order chi connectivity index (χ1) is 9.59. The maximum atomic E-state index is 11.3. The minimum absolute atomic E-state index is 0.190. The van der Waals surface area contributed by atoms with Crippen molar-refractivity contribution in [1.29, 1.82) is 0 Å². The Labute approximate surface area is 118 Å². The topological polar surface area (TPSA) is 53.4 Å². The van der Waals surface area contributed by atoms with Crippen molar-refractivity contribution in [2.75, 3.05) is 4.90 Å². The van der Waals surface area contributed by atoms with Crippen LogP contribution in [0.25, 0.3) is 0 Å². The summed E-state index contributed by atoms with van der Waals surface area (Å²) in [6, 6.07) is 12.0. The average molecular weight is 270 g/mol. The third kappa shape index (κ3) is 3.15. The van der Waals surface area contributed by atoms with Crippen LogP contribution in [0.4, 0.5) is 5.69 Å². The molecule has 104 valence electrons. The van der Waals surface area contributed by atoms with Crippen LogP contribution in [0.1, 0.15) is 29.8 Å². The molecule has 0 unspecified atom stereocenters. The second-order valence-corrected chi connectivity index (χ2v) is 4.91. The van der Waals surface area contributed by atoms with Crippen LogP contribution in [0.2, 0.25) is 0 Å². The SMILES string of the molecule is CC(C)N(Cc1ccccc1)c1ccncc1C(=O)O. The van der Waals surface area contributed by atoms with Gasteiger partial charge in [0, 0.05) is 25.0 Å². The van der Waals surface area contributed by atoms with Gasteiger partial charge < -0.3 is 10.0 Å². The fourth-order valence-electron chi connectivity index (χ4n) is 2.13. The van der Waals surface area contributed by atoms with E-state index in [0.717, 1.165) is 5.56 Å². The molecule has 1 aromatic heterocycles. The molecule has 4 heteroatoms. The molecule has 2 aromatic rings. The molecule has 0 saturated carbocycles. The number of hydrogen-bond acceptors (Lipinski definition) is 3. The lowest BCUT2D eigenvalue weighted by Crippen LogP contribution is -2.31. The van der Waals surface area contributed by atoms with Crippen LogP contribution in [0.15, 0.2) is 48.8 Å². The van der Waals surface area contributed by atoms with E-state index in [1.165, 1.54) is 6.20 Å². The van der Waals surface area contributed by atoms with Crippen LogP contribution in [-0.2, 0) is 6.54 Å². The first-order valence-corrected chi connectivity index (χ1v) is 6.57. The number of carboxylic acid groups (broad SMARTS) is 1. The van der Waals surface area contributed by atoms with E-state index in [9.17, 15) is 9.90 Å². The lowest BCUT2D eigenvalue weighted by molar-refractivity contribution is 0.0697. The number of pyridine rings is 1. The molecule has 1 N–H and O–H groups in total. The van der Waals surface area contributed by atoms with Gasteiger partial charge in [-0.3, -0.25) is 4.98 Å². The lowest BCUT2D eigenvalue weighted by atomic mass is 10.1. The second-order valence-electron chi connectivity index (χ2n) is 4.91. The Balaban J connectivity index is 2.37. The third-order valence-electron chi connectivity index (χ3n) is 3.16. The van der Waals surface area contributed by atoms with E-state index in [-0.39, 0.29) is 11.6 Å². The predicted molar refractivity (Wildman–Crippen MR) is 79.0 cm³/mol. The van der Waals surface area contributed by atoms with Gasteiger partial charge in [-0.15, -0.1) is 0 Å². The number of carbonyl (C=O) groups is 1. The molecule has 0 fully saturated rings. The second kappa shape index (κ2) is 6.19. The Morgan fingerprint density at radius 2 is 1.95 bits per heavy atom. The van der Waals surface area contributed by atoms with E-state index in [1.54, 1.807) is 12.3 Å². The Bertz CT molecular complexity index is 582. The zero-order chi connectivity index (χ0) is 14.5. The van der Waals surface area contributed by atoms with Gasteiger partial charge in [-0.1, -0.05) is 30.3 Å². The molecule has 0 saturated heterocycles. The van der Waals surface area contributed by atoms with Gasteiger partial charge in [0.15, 0.2) is 0 Å². The van der Waals surface area contributed by atoms with Crippen molar-refractivity contribution in [1.82, 2.24) is 4.98 Å². The summed E-state index contributed by atoms with van der Waals surface area (Å²) in [7, 11) is 0. The zero-order valence-corrected chi connectivity index (χ0v) is 11.7. The highest BCUT2D eigenvalue weighted by Gasteiger charge is 2.18. The molecule has 0 aliphatic rings. The number of anilines is 1. The van der Waals surface area contributed by atoms with Gasteiger partial charge in [0.2, 0.25) is 0 Å². The highest BCUT2D eigenvalue weighted by atomic mass is 16.4. The molecule has 0 bridgehead atoms. The van der Waals surface area contributed by atoms with Crippen LogP contribution in [-0.4, -0.2) is 22.1 Å². The number of hydrogen-bond donors (Lipinski definition) is 1. The summed E-state index contributed by atoms with van der Waals surface area (Å²) in [5, 5.41) is 9.30. The number of benzene rings is 1. The number of aromatic carboxylic acids is 1. The maximum Gasteiger partial charge on any atom is 0.339 e. The molecule has 4 nitrogen and oxygen atoms in total. The standard InChI is InChI=1S/C16H18N2O2/c1-12(2)18(11-13-6-4-3-5-7-13)15-8-9-17-10-14(15)16(19)20/h3-10,12H,11H2,1-2H3,(H,19,20). The number of aromatic nitrogens is 1. The molecule has 20 heavy (non-hydrogen) atoms. The Morgan fingerprint density at radius 1 is 1.25 bits per heavy atom. The molecule has 0 radical (unpaired) electrons. The van der Waals surface area contributed by atoms with E-state index < -0.39 is 5.97 Å². The van der Waals surface area contributed by atoms with Gasteiger partial charge in [0.25, 0.3) is 0 Å². The van der Waals surface area contributed by atoms with Gasteiger partial charge >= 0.3 is 5.97 Å². The van der Waals surface area contributed by atoms with Crippen molar-refractivity contribution in [3.8, 4) is 0 Å². The Hall–Kier alpha value is -2.36. The van der Waals surface area contributed by atoms with E-state index in [4.69, 9.17) is 0 Å². The summed E-state index contributed by atoms with van der Waals surface area (Å²) in [5.41, 5.74) is 2.08. The molecular formula is C16H18N2O2. The van der Waals surface area contributed by atoms with Crippen molar-refractivity contribution >= 4 is 11.7 Å². The minimum Gasteiger partial charge on any atom is -0.478 e. The number of carboxylic acids is 1. The van der Waals surface area contributed by atoms with Crippen molar-refractivity contribution in [2.24, 2.45) is 0 Å². The summed E-state index contributed by atoms with van der Waals surface area (Å²) in [6.07, 6.45) is 3.03. The minimum atomic E-state index is -0.952. The lowest BCUT2D eigenvalue weighted by Gasteiger charge is -2.30. The Kier molecular flexibility index (Phi) is 4.35. The van der Waals surface area contributed by atoms with Crippen LogP contribution in [0.5, 0.6) is 0 Å². The van der Waals surface area contributed by atoms with Crippen molar-refractivity contribution in [2.45, 2.75) is 26.4 Å². The Morgan fingerprint density at radius 3 is 2.55 bits per heavy atom. The molecule has 0 aliphatic carbocycles. The van der Waals surface area contributed by atoms with Crippen LogP contribution in [0.3, 0.4) is 0 Å². The number of nitrogens with zero attached hydrogens (tertiary/aromatic N) is 2.